The van der Waals surface area contributed by atoms with E-state index in [2.05, 4.69) is 25.7 Å². The van der Waals surface area contributed by atoms with Crippen LogP contribution in [0.3, 0.4) is 0 Å². The second-order valence-corrected chi connectivity index (χ2v) is 10.3. The minimum absolute atomic E-state index is 0.135. The maximum atomic E-state index is 12.7. The third-order valence-electron chi connectivity index (χ3n) is 8.44. The van der Waals surface area contributed by atoms with Crippen molar-refractivity contribution in [3.63, 3.8) is 0 Å². The molecular weight excluding hydrogens is 382 g/mol. The number of rotatable bonds is 4. The highest BCUT2D eigenvalue weighted by Crippen LogP contribution is 2.68. The number of carbonyl (C=O) groups is 1. The van der Waals surface area contributed by atoms with E-state index in [1.165, 1.54) is 5.70 Å². The quantitative estimate of drug-likeness (QED) is 0.702. The summed E-state index contributed by atoms with van der Waals surface area (Å²) in [5, 5.41) is 12.1. The van der Waals surface area contributed by atoms with Gasteiger partial charge < -0.3 is 10.0 Å². The van der Waals surface area contributed by atoms with E-state index >= 15 is 0 Å². The van der Waals surface area contributed by atoms with E-state index in [9.17, 15) is 9.90 Å². The molecule has 2 aromatic carbocycles. The van der Waals surface area contributed by atoms with Gasteiger partial charge in [-0.2, -0.15) is 0 Å². The zero-order chi connectivity index (χ0) is 21.8. The number of Topliss-reactive ketones (excluding diaryl/α,β-unsaturated/α-hetero) is 1. The third kappa shape index (κ3) is 3.17. The Morgan fingerprint density at radius 2 is 1.48 bits per heavy atom. The molecule has 0 amide bonds. The molecule has 2 aliphatic carbocycles. The van der Waals surface area contributed by atoms with Crippen molar-refractivity contribution in [2.75, 3.05) is 13.1 Å². The first kappa shape index (κ1) is 20.5. The fourth-order valence-electron chi connectivity index (χ4n) is 6.43. The summed E-state index contributed by atoms with van der Waals surface area (Å²) >= 11 is 0. The van der Waals surface area contributed by atoms with Crippen molar-refractivity contribution in [1.29, 1.82) is 0 Å². The summed E-state index contributed by atoms with van der Waals surface area (Å²) in [6.45, 7) is 8.51. The predicted molar refractivity (Wildman–Crippen MR) is 123 cm³/mol. The molecule has 0 bridgehead atoms. The standard InChI is InChI=1S/C28H33NO2/c1-19(25-24(30)18-23-26(25)27(23,2)3)29-16-14-22(15-17-29)28(31,20-10-6-4-7-11-20)21-12-8-5-9-13-21/h4-13,22-23,26,31H,14-18H2,1-3H3/b25-19+/t23-,26-/m1/s1. The molecule has 2 atom stereocenters. The molecule has 1 heterocycles. The number of likely N-dealkylation sites (tertiary alicyclic amines) is 1. The Bertz CT molecular complexity index is 960. The van der Waals surface area contributed by atoms with Gasteiger partial charge in [-0.3, -0.25) is 4.79 Å². The van der Waals surface area contributed by atoms with Crippen molar-refractivity contribution in [3.8, 4) is 0 Å². The fraction of sp³-hybridized carbons (Fsp3) is 0.464. The molecule has 31 heavy (non-hydrogen) atoms. The molecule has 5 rings (SSSR count). The lowest BCUT2D eigenvalue weighted by Crippen LogP contribution is -2.44. The molecular formula is C28H33NO2. The number of allylic oxidation sites excluding steroid dienone is 2. The molecule has 0 radical (unpaired) electrons. The zero-order valence-corrected chi connectivity index (χ0v) is 18.8. The summed E-state index contributed by atoms with van der Waals surface area (Å²) in [6, 6.07) is 20.2. The minimum atomic E-state index is -0.998. The topological polar surface area (TPSA) is 40.5 Å². The number of hydrogen-bond donors (Lipinski definition) is 1. The Hall–Kier alpha value is -2.39. The van der Waals surface area contributed by atoms with E-state index in [0.717, 1.165) is 49.1 Å². The summed E-state index contributed by atoms with van der Waals surface area (Å²) in [7, 11) is 0. The van der Waals surface area contributed by atoms with Crippen LogP contribution in [0.15, 0.2) is 71.9 Å². The summed E-state index contributed by atoms with van der Waals surface area (Å²) in [5.74, 6) is 1.49. The van der Waals surface area contributed by atoms with Gasteiger partial charge in [0.25, 0.3) is 0 Å². The summed E-state index contributed by atoms with van der Waals surface area (Å²) in [6.07, 6.45) is 2.52. The number of carbonyl (C=O) groups excluding carboxylic acids is 1. The third-order valence-corrected chi connectivity index (χ3v) is 8.44. The molecule has 3 nitrogen and oxygen atoms in total. The maximum absolute atomic E-state index is 12.7. The van der Waals surface area contributed by atoms with Crippen LogP contribution in [-0.2, 0) is 10.4 Å². The lowest BCUT2D eigenvalue weighted by Gasteiger charge is -2.43. The van der Waals surface area contributed by atoms with Gasteiger partial charge in [0.1, 0.15) is 5.60 Å². The summed E-state index contributed by atoms with van der Waals surface area (Å²) in [4.78, 5) is 15.1. The fourth-order valence-corrected chi connectivity index (χ4v) is 6.43. The van der Waals surface area contributed by atoms with Gasteiger partial charge in [0.15, 0.2) is 5.78 Å². The van der Waals surface area contributed by atoms with Crippen LogP contribution in [-0.4, -0.2) is 28.9 Å². The first-order valence-electron chi connectivity index (χ1n) is 11.7. The maximum Gasteiger partial charge on any atom is 0.161 e. The SMILES string of the molecule is C/C(=C1/C(=O)C[C@@H]2[C@H]1C2(C)C)N1CCC(C(O)(c2ccccc2)c2ccccc2)CC1. The number of aliphatic hydroxyl groups is 1. The van der Waals surface area contributed by atoms with Crippen LogP contribution in [0.25, 0.3) is 0 Å². The van der Waals surface area contributed by atoms with Gasteiger partial charge >= 0.3 is 0 Å². The average molecular weight is 416 g/mol. The largest absolute Gasteiger partial charge is 0.380 e. The number of ketones is 1. The van der Waals surface area contributed by atoms with Gasteiger partial charge in [-0.1, -0.05) is 74.5 Å². The van der Waals surface area contributed by atoms with Gasteiger partial charge in [-0.25, -0.2) is 0 Å². The Morgan fingerprint density at radius 1 is 0.968 bits per heavy atom. The van der Waals surface area contributed by atoms with Crippen molar-refractivity contribution >= 4 is 5.78 Å². The first-order chi connectivity index (χ1) is 14.8. The van der Waals surface area contributed by atoms with E-state index in [0.29, 0.717) is 17.6 Å². The van der Waals surface area contributed by atoms with E-state index < -0.39 is 5.60 Å². The summed E-state index contributed by atoms with van der Waals surface area (Å²) in [5.41, 5.74) is 3.48. The normalized spacial score (nSPS) is 27.2. The minimum Gasteiger partial charge on any atom is -0.380 e. The second kappa shape index (κ2) is 7.34. The van der Waals surface area contributed by atoms with Gasteiger partial charge in [0.05, 0.1) is 0 Å². The monoisotopic (exact) mass is 415 g/mol. The summed E-state index contributed by atoms with van der Waals surface area (Å²) < 4.78 is 0. The predicted octanol–water partition coefficient (Wildman–Crippen LogP) is 5.15. The lowest BCUT2D eigenvalue weighted by atomic mass is 9.72. The van der Waals surface area contributed by atoms with Crippen molar-refractivity contribution in [3.05, 3.63) is 83.1 Å². The van der Waals surface area contributed by atoms with Gasteiger partial charge in [-0.05, 0) is 54.1 Å². The lowest BCUT2D eigenvalue weighted by molar-refractivity contribution is -0.115. The van der Waals surface area contributed by atoms with Crippen LogP contribution < -0.4 is 0 Å². The molecule has 0 spiro atoms. The van der Waals surface area contributed by atoms with Crippen molar-refractivity contribution in [2.45, 2.75) is 45.6 Å². The highest BCUT2D eigenvalue weighted by Gasteiger charge is 2.65. The molecule has 162 valence electrons. The zero-order valence-electron chi connectivity index (χ0n) is 18.8. The molecule has 0 aromatic heterocycles. The van der Waals surface area contributed by atoms with Gasteiger partial charge in [-0.15, -0.1) is 0 Å². The number of fused-ring (bicyclic) bond motifs is 1. The molecule has 2 aromatic rings. The van der Waals surface area contributed by atoms with Crippen molar-refractivity contribution in [2.24, 2.45) is 23.2 Å². The highest BCUT2D eigenvalue weighted by molar-refractivity contribution is 6.01. The van der Waals surface area contributed by atoms with Crippen LogP contribution in [0.5, 0.6) is 0 Å². The number of benzene rings is 2. The van der Waals surface area contributed by atoms with Crippen LogP contribution in [0.2, 0.25) is 0 Å². The molecule has 2 saturated carbocycles. The first-order valence-corrected chi connectivity index (χ1v) is 11.7. The second-order valence-electron chi connectivity index (χ2n) is 10.3. The van der Waals surface area contributed by atoms with Crippen molar-refractivity contribution < 1.29 is 9.90 Å². The Labute approximate surface area is 185 Å². The molecule has 3 heteroatoms. The molecule has 0 unspecified atom stereocenters. The number of hydrogen-bond acceptors (Lipinski definition) is 3. The van der Waals surface area contributed by atoms with Crippen LogP contribution >= 0.6 is 0 Å². The van der Waals surface area contributed by atoms with E-state index in [1.54, 1.807) is 0 Å². The Morgan fingerprint density at radius 3 is 1.97 bits per heavy atom. The number of nitrogens with zero attached hydrogens (tertiary/aromatic N) is 1. The van der Waals surface area contributed by atoms with Crippen LogP contribution in [0.1, 0.15) is 51.2 Å². The van der Waals surface area contributed by atoms with E-state index in [1.807, 2.05) is 60.7 Å². The van der Waals surface area contributed by atoms with Gasteiger partial charge in [0.2, 0.25) is 0 Å². The van der Waals surface area contributed by atoms with Gasteiger partial charge in [0, 0.05) is 30.8 Å². The molecule has 3 fully saturated rings. The Balaban J connectivity index is 1.40. The smallest absolute Gasteiger partial charge is 0.161 e. The highest BCUT2D eigenvalue weighted by atomic mass is 16.3. The molecule has 3 aliphatic rings. The van der Waals surface area contributed by atoms with Crippen molar-refractivity contribution in [1.82, 2.24) is 4.90 Å². The average Bonchev–Trinajstić information content (AvgIpc) is 3.13. The molecule has 1 N–H and O–H groups in total. The van der Waals surface area contributed by atoms with Crippen LogP contribution in [0, 0.1) is 23.2 Å². The van der Waals surface area contributed by atoms with Crippen LogP contribution in [0.4, 0.5) is 0 Å². The molecule has 1 aliphatic heterocycles. The van der Waals surface area contributed by atoms with E-state index in [-0.39, 0.29) is 11.3 Å². The number of piperidine rings is 1. The van der Waals surface area contributed by atoms with E-state index in [4.69, 9.17) is 0 Å². The molecule has 1 saturated heterocycles. The Kier molecular flexibility index (Phi) is 4.86.